The van der Waals surface area contributed by atoms with Crippen molar-refractivity contribution < 1.29 is 9.47 Å². The molecule has 3 aromatic rings. The molecule has 0 amide bonds. The highest BCUT2D eigenvalue weighted by Crippen LogP contribution is 2.34. The van der Waals surface area contributed by atoms with Crippen molar-refractivity contribution in [1.82, 2.24) is 14.8 Å². The van der Waals surface area contributed by atoms with Gasteiger partial charge in [0.2, 0.25) is 5.88 Å². The van der Waals surface area contributed by atoms with Crippen LogP contribution in [0.25, 0.3) is 11.3 Å². The topological polar surface area (TPSA) is 102 Å². The Morgan fingerprint density at radius 3 is 2.73 bits per heavy atom. The number of anilines is 1. The van der Waals surface area contributed by atoms with E-state index in [4.69, 9.17) is 15.2 Å². The van der Waals surface area contributed by atoms with Gasteiger partial charge in [0.15, 0.2) is 5.82 Å². The van der Waals surface area contributed by atoms with Crippen LogP contribution < -0.4 is 15.4 Å². The summed E-state index contributed by atoms with van der Waals surface area (Å²) in [5.74, 6) is 2.00. The van der Waals surface area contributed by atoms with Crippen LogP contribution in [-0.2, 0) is 18.2 Å². The number of aryl methyl sites for hydroxylation is 1. The summed E-state index contributed by atoms with van der Waals surface area (Å²) in [5.41, 5.74) is 8.80. The van der Waals surface area contributed by atoms with Gasteiger partial charge in [-0.15, -0.1) is 0 Å². The number of hydrogen-bond donors (Lipinski definition) is 1. The quantitative estimate of drug-likeness (QED) is 0.673. The molecule has 30 heavy (non-hydrogen) atoms. The van der Waals surface area contributed by atoms with Crippen molar-refractivity contribution in [1.29, 1.82) is 5.26 Å². The standard InChI is InChI=1S/C22H24N6O2/c1-27-22(13-21(26-27)28-8-10-29-11-9-28)30-20-12-17(14-24)2-4-18(20)19-5-3-16(6-7-23)15-25-19/h2-5,12-13,15H,6-11,23H2,1H3. The number of nitrogens with two attached hydrogens (primary N) is 1. The van der Waals surface area contributed by atoms with Crippen LogP contribution in [0.5, 0.6) is 11.6 Å². The molecule has 0 bridgehead atoms. The van der Waals surface area contributed by atoms with Crippen LogP contribution in [0.15, 0.2) is 42.6 Å². The van der Waals surface area contributed by atoms with E-state index < -0.39 is 0 Å². The second-order valence-electron chi connectivity index (χ2n) is 7.08. The minimum atomic E-state index is 0.518. The monoisotopic (exact) mass is 404 g/mol. The molecule has 1 aliphatic rings. The van der Waals surface area contributed by atoms with E-state index in [1.165, 1.54) is 0 Å². The van der Waals surface area contributed by atoms with Gasteiger partial charge >= 0.3 is 0 Å². The smallest absolute Gasteiger partial charge is 0.219 e. The van der Waals surface area contributed by atoms with Crippen LogP contribution >= 0.6 is 0 Å². The first-order valence-corrected chi connectivity index (χ1v) is 9.92. The van der Waals surface area contributed by atoms with Gasteiger partial charge in [-0.3, -0.25) is 4.98 Å². The molecule has 1 fully saturated rings. The largest absolute Gasteiger partial charge is 0.438 e. The third-order valence-corrected chi connectivity index (χ3v) is 5.02. The number of ether oxygens (including phenoxy) is 2. The lowest BCUT2D eigenvalue weighted by Gasteiger charge is -2.26. The molecule has 154 valence electrons. The maximum atomic E-state index is 9.34. The first-order chi connectivity index (χ1) is 14.7. The van der Waals surface area contributed by atoms with Crippen LogP contribution in [0.3, 0.4) is 0 Å². The SMILES string of the molecule is Cn1nc(N2CCOCC2)cc1Oc1cc(C#N)ccc1-c1ccc(CCN)cn1. The number of morpholine rings is 1. The normalized spacial score (nSPS) is 13.8. The Morgan fingerprint density at radius 1 is 1.20 bits per heavy atom. The van der Waals surface area contributed by atoms with E-state index in [0.29, 0.717) is 37.0 Å². The fraction of sp³-hybridized carbons (Fsp3) is 0.318. The van der Waals surface area contributed by atoms with E-state index >= 15 is 0 Å². The highest BCUT2D eigenvalue weighted by molar-refractivity contribution is 5.69. The highest BCUT2D eigenvalue weighted by atomic mass is 16.5. The molecular formula is C22H24N6O2. The summed E-state index contributed by atoms with van der Waals surface area (Å²) < 4.78 is 13.3. The molecule has 0 saturated carbocycles. The Balaban J connectivity index is 1.65. The van der Waals surface area contributed by atoms with Crippen LogP contribution in [0.1, 0.15) is 11.1 Å². The molecular weight excluding hydrogens is 380 g/mol. The average molecular weight is 404 g/mol. The maximum absolute atomic E-state index is 9.34. The van der Waals surface area contributed by atoms with Gasteiger partial charge in [0.25, 0.3) is 0 Å². The number of pyridine rings is 1. The van der Waals surface area contributed by atoms with Crippen LogP contribution in [-0.4, -0.2) is 47.6 Å². The van der Waals surface area contributed by atoms with Gasteiger partial charge in [-0.2, -0.15) is 10.4 Å². The van der Waals surface area contributed by atoms with Crippen molar-refractivity contribution in [3.8, 4) is 29.0 Å². The second-order valence-corrected chi connectivity index (χ2v) is 7.08. The maximum Gasteiger partial charge on any atom is 0.219 e. The van der Waals surface area contributed by atoms with Crippen molar-refractivity contribution >= 4 is 5.82 Å². The van der Waals surface area contributed by atoms with Crippen molar-refractivity contribution in [3.63, 3.8) is 0 Å². The molecule has 0 spiro atoms. The molecule has 1 saturated heterocycles. The van der Waals surface area contributed by atoms with Gasteiger partial charge in [-0.05, 0) is 42.8 Å². The zero-order valence-corrected chi connectivity index (χ0v) is 16.9. The average Bonchev–Trinajstić information content (AvgIpc) is 3.15. The predicted octanol–water partition coefficient (Wildman–Crippen LogP) is 2.48. The number of aromatic nitrogens is 3. The molecule has 8 nitrogen and oxygen atoms in total. The third-order valence-electron chi connectivity index (χ3n) is 5.02. The van der Waals surface area contributed by atoms with Crippen molar-refractivity contribution in [2.45, 2.75) is 6.42 Å². The minimum Gasteiger partial charge on any atom is -0.438 e. The van der Waals surface area contributed by atoms with Crippen LogP contribution in [0.4, 0.5) is 5.82 Å². The molecule has 1 aliphatic heterocycles. The highest BCUT2D eigenvalue weighted by Gasteiger charge is 2.18. The van der Waals surface area contributed by atoms with E-state index in [0.717, 1.165) is 42.1 Å². The third kappa shape index (κ3) is 4.27. The van der Waals surface area contributed by atoms with Crippen molar-refractivity contribution in [2.24, 2.45) is 12.8 Å². The lowest BCUT2D eigenvalue weighted by Crippen LogP contribution is -2.36. The fourth-order valence-electron chi connectivity index (χ4n) is 3.38. The Morgan fingerprint density at radius 2 is 2.03 bits per heavy atom. The molecule has 2 aromatic heterocycles. The van der Waals surface area contributed by atoms with E-state index in [-0.39, 0.29) is 0 Å². The molecule has 0 atom stereocenters. The van der Waals surface area contributed by atoms with Crippen LogP contribution in [0.2, 0.25) is 0 Å². The van der Waals surface area contributed by atoms with E-state index in [1.807, 2.05) is 37.5 Å². The zero-order chi connectivity index (χ0) is 20.9. The zero-order valence-electron chi connectivity index (χ0n) is 16.9. The van der Waals surface area contributed by atoms with Gasteiger partial charge in [-0.1, -0.05) is 6.07 Å². The molecule has 4 rings (SSSR count). The van der Waals surface area contributed by atoms with Crippen molar-refractivity contribution in [2.75, 3.05) is 37.7 Å². The number of nitriles is 1. The van der Waals surface area contributed by atoms with Gasteiger partial charge in [0.1, 0.15) is 5.75 Å². The first kappa shape index (κ1) is 19.9. The summed E-state index contributed by atoms with van der Waals surface area (Å²) >= 11 is 0. The Hall–Kier alpha value is -3.41. The molecule has 2 N–H and O–H groups in total. The summed E-state index contributed by atoms with van der Waals surface area (Å²) in [6.45, 7) is 3.55. The van der Waals surface area contributed by atoms with Gasteiger partial charge in [-0.25, -0.2) is 4.68 Å². The molecule has 3 heterocycles. The van der Waals surface area contributed by atoms with Gasteiger partial charge in [0.05, 0.1) is 30.5 Å². The Labute approximate surface area is 175 Å². The molecule has 8 heteroatoms. The lowest BCUT2D eigenvalue weighted by molar-refractivity contribution is 0.122. The molecule has 0 aliphatic carbocycles. The number of benzene rings is 1. The Kier molecular flexibility index (Phi) is 5.93. The summed E-state index contributed by atoms with van der Waals surface area (Å²) in [5, 5.41) is 13.9. The van der Waals surface area contributed by atoms with E-state index in [2.05, 4.69) is 21.1 Å². The number of rotatable bonds is 6. The minimum absolute atomic E-state index is 0.518. The summed E-state index contributed by atoms with van der Waals surface area (Å²) in [4.78, 5) is 6.73. The van der Waals surface area contributed by atoms with E-state index in [9.17, 15) is 5.26 Å². The molecule has 0 unspecified atom stereocenters. The first-order valence-electron chi connectivity index (χ1n) is 9.92. The lowest BCUT2D eigenvalue weighted by atomic mass is 10.1. The van der Waals surface area contributed by atoms with Crippen LogP contribution in [0, 0.1) is 11.3 Å². The van der Waals surface area contributed by atoms with Gasteiger partial charge in [0, 0.05) is 38.0 Å². The van der Waals surface area contributed by atoms with Crippen molar-refractivity contribution in [3.05, 3.63) is 53.7 Å². The predicted molar refractivity (Wildman–Crippen MR) is 113 cm³/mol. The molecule has 0 radical (unpaired) electrons. The Bertz CT molecular complexity index is 1050. The number of hydrogen-bond acceptors (Lipinski definition) is 7. The number of nitrogens with zero attached hydrogens (tertiary/aromatic N) is 5. The van der Waals surface area contributed by atoms with E-state index in [1.54, 1.807) is 16.8 Å². The summed E-state index contributed by atoms with van der Waals surface area (Å²) in [6, 6.07) is 13.4. The molecule has 1 aromatic carbocycles. The van der Waals surface area contributed by atoms with Gasteiger partial charge < -0.3 is 20.1 Å². The summed E-state index contributed by atoms with van der Waals surface area (Å²) in [7, 11) is 1.84. The fourth-order valence-corrected chi connectivity index (χ4v) is 3.38. The second kappa shape index (κ2) is 8.95. The summed E-state index contributed by atoms with van der Waals surface area (Å²) in [6.07, 6.45) is 2.61.